The van der Waals surface area contributed by atoms with E-state index in [1.807, 2.05) is 0 Å². The molecule has 0 saturated carbocycles. The lowest BCUT2D eigenvalue weighted by molar-refractivity contribution is 0.811. The molecule has 0 aliphatic carbocycles. The summed E-state index contributed by atoms with van der Waals surface area (Å²) in [4.78, 5) is 0. The van der Waals surface area contributed by atoms with Gasteiger partial charge in [-0.3, -0.25) is 0 Å². The van der Waals surface area contributed by atoms with E-state index in [4.69, 9.17) is 11.5 Å². The minimum Gasteiger partial charge on any atom is -0.369 e. The molecule has 0 radical (unpaired) electrons. The zero-order valence-corrected chi connectivity index (χ0v) is 8.58. The molecule has 0 aromatic carbocycles. The molecule has 4 heteroatoms. The molecule has 0 aliphatic rings. The highest BCUT2D eigenvalue weighted by Gasteiger charge is 1.97. The van der Waals surface area contributed by atoms with Crippen LogP contribution in [0.5, 0.6) is 0 Å². The first-order chi connectivity index (χ1) is 6.20. The number of hydrogen-bond donors (Lipinski definition) is 2. The predicted molar refractivity (Wildman–Crippen MR) is 57.7 cm³/mol. The largest absolute Gasteiger partial charge is 0.369 e. The summed E-state index contributed by atoms with van der Waals surface area (Å²) in [5, 5.41) is 7.66. The highest BCUT2D eigenvalue weighted by atomic mass is 15.3. The number of nitrogens with zero attached hydrogens (tertiary/aromatic N) is 2. The summed E-state index contributed by atoms with van der Waals surface area (Å²) in [6.07, 6.45) is 5.39. The van der Waals surface area contributed by atoms with Crippen LogP contribution in [0, 0.1) is 0 Å². The van der Waals surface area contributed by atoms with Crippen molar-refractivity contribution in [3.8, 4) is 0 Å². The lowest BCUT2D eigenvalue weighted by Crippen LogP contribution is -2.22. The van der Waals surface area contributed by atoms with Crippen LogP contribution in [0.2, 0.25) is 0 Å². The zero-order valence-electron chi connectivity index (χ0n) is 8.58. The van der Waals surface area contributed by atoms with Gasteiger partial charge in [-0.25, -0.2) is 0 Å². The number of nitrogens with two attached hydrogens (primary N) is 2. The van der Waals surface area contributed by atoms with Crippen LogP contribution >= 0.6 is 0 Å². The van der Waals surface area contributed by atoms with Crippen LogP contribution in [-0.4, -0.2) is 11.7 Å². The Morgan fingerprint density at radius 3 is 2.15 bits per heavy atom. The smallest absolute Gasteiger partial charge is 0.211 e. The van der Waals surface area contributed by atoms with Gasteiger partial charge in [-0.15, -0.1) is 5.10 Å². The van der Waals surface area contributed by atoms with Crippen molar-refractivity contribution in [2.75, 3.05) is 0 Å². The third-order valence-electron chi connectivity index (χ3n) is 1.66. The van der Waals surface area contributed by atoms with E-state index in [9.17, 15) is 0 Å². The Hall–Kier alpha value is -1.06. The molecule has 0 amide bonds. The standard InChI is InChI=1S/C9H20N4/c1-3-5-7-8(6-4-2)12-13-9(10)11/h3-7H2,1-2H3,(H4,10,11,13). The van der Waals surface area contributed by atoms with E-state index in [-0.39, 0.29) is 5.96 Å². The number of rotatable bonds is 6. The van der Waals surface area contributed by atoms with Gasteiger partial charge in [0.05, 0.1) is 0 Å². The minimum absolute atomic E-state index is 0.0325. The van der Waals surface area contributed by atoms with Crippen LogP contribution in [-0.2, 0) is 0 Å². The average Bonchev–Trinajstić information content (AvgIpc) is 2.09. The normalized spacial score (nSPS) is 11.4. The Morgan fingerprint density at radius 1 is 1.00 bits per heavy atom. The first-order valence-corrected chi connectivity index (χ1v) is 4.85. The van der Waals surface area contributed by atoms with Gasteiger partial charge in [0.25, 0.3) is 0 Å². The fraction of sp³-hybridized carbons (Fsp3) is 0.778. The molecule has 0 heterocycles. The maximum absolute atomic E-state index is 5.19. The van der Waals surface area contributed by atoms with E-state index in [2.05, 4.69) is 24.1 Å². The molecule has 13 heavy (non-hydrogen) atoms. The Bertz CT molecular complexity index is 180. The topological polar surface area (TPSA) is 76.8 Å². The molecule has 0 unspecified atom stereocenters. The summed E-state index contributed by atoms with van der Waals surface area (Å²) in [7, 11) is 0. The van der Waals surface area contributed by atoms with Gasteiger partial charge in [0.15, 0.2) is 0 Å². The molecule has 0 aromatic heterocycles. The summed E-state index contributed by atoms with van der Waals surface area (Å²) in [6, 6.07) is 0. The Labute approximate surface area is 80.1 Å². The number of unbranched alkanes of at least 4 members (excludes halogenated alkanes) is 1. The van der Waals surface area contributed by atoms with Crippen molar-refractivity contribution in [1.29, 1.82) is 0 Å². The van der Waals surface area contributed by atoms with Crippen LogP contribution in [0.1, 0.15) is 46.0 Å². The summed E-state index contributed by atoms with van der Waals surface area (Å²) in [5.41, 5.74) is 11.5. The van der Waals surface area contributed by atoms with Crippen molar-refractivity contribution in [2.45, 2.75) is 46.0 Å². The van der Waals surface area contributed by atoms with Crippen LogP contribution in [0.4, 0.5) is 0 Å². The Balaban J connectivity index is 4.06. The van der Waals surface area contributed by atoms with Gasteiger partial charge in [-0.1, -0.05) is 26.7 Å². The summed E-state index contributed by atoms with van der Waals surface area (Å²) in [5.74, 6) is 0.0325. The van der Waals surface area contributed by atoms with E-state index >= 15 is 0 Å². The van der Waals surface area contributed by atoms with E-state index < -0.39 is 0 Å². The average molecular weight is 184 g/mol. The molecule has 0 fully saturated rings. The van der Waals surface area contributed by atoms with Crippen molar-refractivity contribution in [1.82, 2.24) is 0 Å². The van der Waals surface area contributed by atoms with E-state index in [0.29, 0.717) is 0 Å². The van der Waals surface area contributed by atoms with Crippen molar-refractivity contribution in [3.63, 3.8) is 0 Å². The van der Waals surface area contributed by atoms with Crippen molar-refractivity contribution in [2.24, 2.45) is 21.7 Å². The minimum atomic E-state index is 0.0325. The predicted octanol–water partition coefficient (Wildman–Crippen LogP) is 1.61. The van der Waals surface area contributed by atoms with Crippen LogP contribution in [0.3, 0.4) is 0 Å². The Kier molecular flexibility index (Phi) is 6.96. The molecular weight excluding hydrogens is 164 g/mol. The van der Waals surface area contributed by atoms with E-state index in [0.717, 1.165) is 31.4 Å². The van der Waals surface area contributed by atoms with E-state index in [1.54, 1.807) is 0 Å². The quantitative estimate of drug-likeness (QED) is 0.374. The number of hydrogen-bond acceptors (Lipinski definition) is 2. The molecule has 0 rings (SSSR count). The second-order valence-electron chi connectivity index (χ2n) is 3.04. The lowest BCUT2D eigenvalue weighted by atomic mass is 10.1. The Morgan fingerprint density at radius 2 is 1.69 bits per heavy atom. The molecular formula is C9H20N4. The highest BCUT2D eigenvalue weighted by molar-refractivity contribution is 5.85. The van der Waals surface area contributed by atoms with Crippen LogP contribution < -0.4 is 11.5 Å². The van der Waals surface area contributed by atoms with Crippen LogP contribution in [0.15, 0.2) is 10.2 Å². The third-order valence-corrected chi connectivity index (χ3v) is 1.66. The van der Waals surface area contributed by atoms with Crippen molar-refractivity contribution in [3.05, 3.63) is 0 Å². The molecule has 76 valence electrons. The van der Waals surface area contributed by atoms with Gasteiger partial charge in [-0.05, 0) is 19.3 Å². The maximum Gasteiger partial charge on any atom is 0.211 e. The maximum atomic E-state index is 5.19. The van der Waals surface area contributed by atoms with Gasteiger partial charge >= 0.3 is 0 Å². The van der Waals surface area contributed by atoms with E-state index in [1.165, 1.54) is 6.42 Å². The van der Waals surface area contributed by atoms with Gasteiger partial charge in [0.2, 0.25) is 5.96 Å². The number of guanidine groups is 1. The SMILES string of the molecule is CCCCC(CCC)=NN=C(N)N. The second-order valence-corrected chi connectivity index (χ2v) is 3.04. The molecule has 0 aliphatic heterocycles. The van der Waals surface area contributed by atoms with Gasteiger partial charge in [0.1, 0.15) is 0 Å². The second kappa shape index (κ2) is 7.58. The summed E-state index contributed by atoms with van der Waals surface area (Å²) >= 11 is 0. The first kappa shape index (κ1) is 11.9. The molecule has 0 aromatic rings. The zero-order chi connectivity index (χ0) is 10.1. The van der Waals surface area contributed by atoms with Gasteiger partial charge < -0.3 is 11.5 Å². The fourth-order valence-corrected chi connectivity index (χ4v) is 1.02. The van der Waals surface area contributed by atoms with Gasteiger partial charge in [0, 0.05) is 5.71 Å². The molecule has 0 saturated heterocycles. The molecule has 0 spiro atoms. The first-order valence-electron chi connectivity index (χ1n) is 4.85. The molecule has 0 bridgehead atoms. The monoisotopic (exact) mass is 184 g/mol. The molecule has 4 nitrogen and oxygen atoms in total. The van der Waals surface area contributed by atoms with Crippen molar-refractivity contribution >= 4 is 11.7 Å². The summed E-state index contributed by atoms with van der Waals surface area (Å²) < 4.78 is 0. The summed E-state index contributed by atoms with van der Waals surface area (Å²) in [6.45, 7) is 4.28. The van der Waals surface area contributed by atoms with Gasteiger partial charge in [-0.2, -0.15) is 5.10 Å². The van der Waals surface area contributed by atoms with Crippen LogP contribution in [0.25, 0.3) is 0 Å². The molecule has 4 N–H and O–H groups in total. The molecule has 0 atom stereocenters. The van der Waals surface area contributed by atoms with Crippen molar-refractivity contribution < 1.29 is 0 Å². The highest BCUT2D eigenvalue weighted by Crippen LogP contribution is 2.03. The lowest BCUT2D eigenvalue weighted by Gasteiger charge is -2.00. The fourth-order valence-electron chi connectivity index (χ4n) is 1.02. The third kappa shape index (κ3) is 7.31.